The summed E-state index contributed by atoms with van der Waals surface area (Å²) in [6.45, 7) is 5.41. The minimum atomic E-state index is -4.18. The second-order valence-electron chi connectivity index (χ2n) is 9.55. The van der Waals surface area contributed by atoms with Crippen LogP contribution in [0.1, 0.15) is 45.6 Å². The first kappa shape index (κ1) is 27.1. The van der Waals surface area contributed by atoms with Crippen LogP contribution in [0.15, 0.2) is 54.9 Å². The number of primary sulfonamides is 1. The van der Waals surface area contributed by atoms with Crippen molar-refractivity contribution >= 4 is 26.8 Å². The number of halogens is 2. The van der Waals surface area contributed by atoms with E-state index in [1.165, 1.54) is 13.1 Å². The highest BCUT2D eigenvalue weighted by atomic mass is 32.2. The van der Waals surface area contributed by atoms with Gasteiger partial charge in [0.2, 0.25) is 15.8 Å². The number of ether oxygens (including phenoxy) is 1. The Bertz CT molecular complexity index is 1650. The number of rotatable bonds is 8. The molecule has 4 aromatic rings. The van der Waals surface area contributed by atoms with E-state index < -0.39 is 38.3 Å². The molecule has 1 unspecified atom stereocenters. The first-order valence-corrected chi connectivity index (χ1v) is 14.2. The predicted molar refractivity (Wildman–Crippen MR) is 144 cm³/mol. The number of carbonyl (C=O) groups excluding carboxylic acids is 1. The number of aromatic amines is 1. The van der Waals surface area contributed by atoms with Gasteiger partial charge in [-0.25, -0.2) is 27.3 Å². The van der Waals surface area contributed by atoms with Gasteiger partial charge in [0.1, 0.15) is 22.5 Å². The SMILES string of the molecule is CCC(c1ccc(F)c(C(=O)c2c[nH]c3ncc(-c4cccc(CN5CCOCC5)c4)cc23)c1F)S(N)(=O)=O. The number of hydrogen-bond donors (Lipinski definition) is 2. The summed E-state index contributed by atoms with van der Waals surface area (Å²) in [7, 11) is -4.18. The number of nitrogens with two attached hydrogens (primary N) is 1. The number of sulfonamides is 1. The number of nitrogens with one attached hydrogen (secondary N) is 1. The van der Waals surface area contributed by atoms with E-state index in [-0.39, 0.29) is 17.5 Å². The largest absolute Gasteiger partial charge is 0.379 e. The summed E-state index contributed by atoms with van der Waals surface area (Å²) in [5.74, 6) is -3.27. The Morgan fingerprint density at radius 3 is 2.64 bits per heavy atom. The average Bonchev–Trinajstić information content (AvgIpc) is 3.34. The molecule has 1 fully saturated rings. The monoisotopic (exact) mass is 554 g/mol. The van der Waals surface area contributed by atoms with Crippen LogP contribution in [0.5, 0.6) is 0 Å². The molecular formula is C28H28F2N4O4S. The third-order valence-electron chi connectivity index (χ3n) is 7.01. The van der Waals surface area contributed by atoms with Gasteiger partial charge in [-0.1, -0.05) is 31.2 Å². The molecule has 0 spiro atoms. The summed E-state index contributed by atoms with van der Waals surface area (Å²) < 4.78 is 59.8. The molecule has 39 heavy (non-hydrogen) atoms. The Labute approximate surface area is 224 Å². The molecule has 2 aromatic heterocycles. The van der Waals surface area contributed by atoms with E-state index in [1.54, 1.807) is 12.3 Å². The smallest absolute Gasteiger partial charge is 0.216 e. The maximum Gasteiger partial charge on any atom is 0.216 e. The zero-order chi connectivity index (χ0) is 27.7. The fourth-order valence-corrected chi connectivity index (χ4v) is 6.01. The number of aromatic nitrogens is 2. The van der Waals surface area contributed by atoms with E-state index in [4.69, 9.17) is 9.88 Å². The van der Waals surface area contributed by atoms with Crippen LogP contribution in [0.2, 0.25) is 0 Å². The van der Waals surface area contributed by atoms with E-state index in [1.807, 2.05) is 24.3 Å². The van der Waals surface area contributed by atoms with Crippen molar-refractivity contribution < 1.29 is 26.7 Å². The van der Waals surface area contributed by atoms with Crippen LogP contribution < -0.4 is 5.14 Å². The van der Waals surface area contributed by atoms with Gasteiger partial charge in [0.15, 0.2) is 0 Å². The lowest BCUT2D eigenvalue weighted by molar-refractivity contribution is 0.0342. The van der Waals surface area contributed by atoms with Crippen molar-refractivity contribution in [3.05, 3.63) is 88.7 Å². The Morgan fingerprint density at radius 1 is 1.15 bits per heavy atom. The predicted octanol–water partition coefficient (Wildman–Crippen LogP) is 4.31. The van der Waals surface area contributed by atoms with Gasteiger partial charge in [0, 0.05) is 54.1 Å². The molecule has 0 aliphatic carbocycles. The summed E-state index contributed by atoms with van der Waals surface area (Å²) in [6, 6.07) is 11.6. The Balaban J connectivity index is 1.52. The minimum absolute atomic E-state index is 0.0161. The average molecular weight is 555 g/mol. The molecular weight excluding hydrogens is 526 g/mol. The number of H-pyrrole nitrogens is 1. The van der Waals surface area contributed by atoms with Crippen molar-refractivity contribution in [2.24, 2.45) is 5.14 Å². The number of hydrogen-bond acceptors (Lipinski definition) is 6. The number of nitrogens with zero attached hydrogens (tertiary/aromatic N) is 2. The minimum Gasteiger partial charge on any atom is -0.379 e. The van der Waals surface area contributed by atoms with E-state index in [0.717, 1.165) is 48.5 Å². The van der Waals surface area contributed by atoms with E-state index in [2.05, 4.69) is 14.9 Å². The fraction of sp³-hybridized carbons (Fsp3) is 0.286. The van der Waals surface area contributed by atoms with Crippen LogP contribution in [-0.4, -0.2) is 55.4 Å². The molecule has 1 aliphatic heterocycles. The van der Waals surface area contributed by atoms with Gasteiger partial charge >= 0.3 is 0 Å². The Morgan fingerprint density at radius 2 is 1.92 bits per heavy atom. The maximum atomic E-state index is 15.5. The fourth-order valence-electron chi connectivity index (χ4n) is 5.01. The van der Waals surface area contributed by atoms with Crippen LogP contribution in [0.3, 0.4) is 0 Å². The third kappa shape index (κ3) is 5.48. The zero-order valence-electron chi connectivity index (χ0n) is 21.3. The quantitative estimate of drug-likeness (QED) is 0.314. The van der Waals surface area contributed by atoms with E-state index in [9.17, 15) is 17.6 Å². The normalized spacial score (nSPS) is 15.5. The molecule has 11 heteroatoms. The van der Waals surface area contributed by atoms with Gasteiger partial charge in [-0.2, -0.15) is 0 Å². The van der Waals surface area contributed by atoms with Crippen LogP contribution in [0, 0.1) is 11.6 Å². The molecule has 3 heterocycles. The number of ketones is 1. The standard InChI is InChI=1S/C28H28F2N4O4S/c1-2-24(39(31,36)37)20-6-7-23(29)25(26(20)30)27(35)22-15-33-28-21(22)13-19(14-32-28)18-5-3-4-17(12-18)16-34-8-10-38-11-9-34/h3-7,12-15,24H,2,8-11,16H2,1H3,(H,32,33)(H2,31,36,37). The van der Waals surface area contributed by atoms with E-state index in [0.29, 0.717) is 24.2 Å². The van der Waals surface area contributed by atoms with Gasteiger partial charge < -0.3 is 9.72 Å². The molecule has 8 nitrogen and oxygen atoms in total. The lowest BCUT2D eigenvalue weighted by Gasteiger charge is -2.26. The summed E-state index contributed by atoms with van der Waals surface area (Å²) in [5.41, 5.74) is 1.93. The number of pyridine rings is 1. The summed E-state index contributed by atoms with van der Waals surface area (Å²) in [4.78, 5) is 23.1. The molecule has 0 radical (unpaired) electrons. The lowest BCUT2D eigenvalue weighted by Crippen LogP contribution is -2.35. The van der Waals surface area contributed by atoms with Crippen molar-refractivity contribution in [3.8, 4) is 11.1 Å². The molecule has 0 amide bonds. The second kappa shape index (κ2) is 10.9. The highest BCUT2D eigenvalue weighted by Gasteiger charge is 2.30. The topological polar surface area (TPSA) is 118 Å². The maximum absolute atomic E-state index is 15.5. The highest BCUT2D eigenvalue weighted by Crippen LogP contribution is 2.32. The molecule has 1 aliphatic rings. The van der Waals surface area contributed by atoms with Crippen molar-refractivity contribution in [2.45, 2.75) is 25.1 Å². The van der Waals surface area contributed by atoms with Crippen LogP contribution in [0.25, 0.3) is 22.2 Å². The number of carbonyl (C=O) groups is 1. The second-order valence-corrected chi connectivity index (χ2v) is 11.3. The molecule has 0 saturated carbocycles. The molecule has 1 atom stereocenters. The Hall–Kier alpha value is -3.51. The van der Waals surface area contributed by atoms with Crippen LogP contribution in [0.4, 0.5) is 8.78 Å². The lowest BCUT2D eigenvalue weighted by atomic mass is 9.97. The van der Waals surface area contributed by atoms with Crippen molar-refractivity contribution in [3.63, 3.8) is 0 Å². The van der Waals surface area contributed by atoms with Gasteiger partial charge in [-0.05, 0) is 35.7 Å². The van der Waals surface area contributed by atoms with Crippen LogP contribution in [-0.2, 0) is 21.3 Å². The summed E-state index contributed by atoms with van der Waals surface area (Å²) in [5, 5.41) is 4.24. The summed E-state index contributed by atoms with van der Waals surface area (Å²) in [6.07, 6.45) is 2.97. The highest BCUT2D eigenvalue weighted by molar-refractivity contribution is 7.89. The van der Waals surface area contributed by atoms with Crippen molar-refractivity contribution in [2.75, 3.05) is 26.3 Å². The molecule has 2 aromatic carbocycles. The van der Waals surface area contributed by atoms with Gasteiger partial charge in [0.05, 0.1) is 18.8 Å². The molecule has 204 valence electrons. The molecule has 3 N–H and O–H groups in total. The van der Waals surface area contributed by atoms with Crippen molar-refractivity contribution in [1.29, 1.82) is 0 Å². The third-order valence-corrected chi connectivity index (χ3v) is 8.39. The molecule has 0 bridgehead atoms. The van der Waals surface area contributed by atoms with Gasteiger partial charge in [-0.3, -0.25) is 9.69 Å². The van der Waals surface area contributed by atoms with E-state index >= 15 is 4.39 Å². The molecule has 1 saturated heterocycles. The first-order chi connectivity index (χ1) is 18.7. The number of morpholine rings is 1. The van der Waals surface area contributed by atoms with Gasteiger partial charge in [0.25, 0.3) is 0 Å². The Kier molecular flexibility index (Phi) is 7.59. The van der Waals surface area contributed by atoms with Crippen LogP contribution >= 0.6 is 0 Å². The van der Waals surface area contributed by atoms with Gasteiger partial charge in [-0.15, -0.1) is 0 Å². The van der Waals surface area contributed by atoms with Crippen molar-refractivity contribution in [1.82, 2.24) is 14.9 Å². The summed E-state index contributed by atoms with van der Waals surface area (Å²) >= 11 is 0. The first-order valence-electron chi connectivity index (χ1n) is 12.6. The molecule has 5 rings (SSSR count). The number of benzene rings is 2. The number of fused-ring (bicyclic) bond motifs is 1. The zero-order valence-corrected chi connectivity index (χ0v) is 22.1.